The van der Waals surface area contributed by atoms with Crippen LogP contribution in [0, 0.1) is 0 Å². The summed E-state index contributed by atoms with van der Waals surface area (Å²) < 4.78 is 0. The molecule has 6 nitrogen and oxygen atoms in total. The van der Waals surface area contributed by atoms with Crippen LogP contribution in [0.15, 0.2) is 29.1 Å². The summed E-state index contributed by atoms with van der Waals surface area (Å²) in [7, 11) is 0. The number of H-pyrrole nitrogens is 1. The second-order valence-electron chi connectivity index (χ2n) is 6.89. The Morgan fingerprint density at radius 2 is 1.92 bits per heavy atom. The van der Waals surface area contributed by atoms with E-state index in [1.54, 1.807) is 0 Å². The summed E-state index contributed by atoms with van der Waals surface area (Å²) in [6.07, 6.45) is 1.92. The molecule has 1 aliphatic heterocycles. The Hall–Kier alpha value is -2.34. The van der Waals surface area contributed by atoms with E-state index in [1.165, 1.54) is 5.56 Å². The van der Waals surface area contributed by atoms with Gasteiger partial charge in [-0.1, -0.05) is 19.9 Å². The third kappa shape index (κ3) is 4.25. The molecule has 2 amide bonds. The molecule has 0 radical (unpaired) electrons. The number of carbonyl (C=O) groups is 1. The van der Waals surface area contributed by atoms with Crippen LogP contribution >= 0.6 is 0 Å². The van der Waals surface area contributed by atoms with Gasteiger partial charge in [0.05, 0.1) is 0 Å². The van der Waals surface area contributed by atoms with Crippen LogP contribution in [-0.4, -0.2) is 53.5 Å². The van der Waals surface area contributed by atoms with Crippen LogP contribution in [0.25, 0.3) is 10.9 Å². The Kier molecular flexibility index (Phi) is 5.93. The van der Waals surface area contributed by atoms with Crippen molar-refractivity contribution in [3.8, 4) is 0 Å². The van der Waals surface area contributed by atoms with Gasteiger partial charge in [-0.05, 0) is 42.0 Å². The predicted octanol–water partition coefficient (Wildman–Crippen LogP) is 2.33. The molecule has 6 heteroatoms. The van der Waals surface area contributed by atoms with Crippen molar-refractivity contribution in [2.75, 3.05) is 32.7 Å². The van der Waals surface area contributed by atoms with E-state index in [9.17, 15) is 9.59 Å². The van der Waals surface area contributed by atoms with E-state index in [4.69, 9.17) is 0 Å². The van der Waals surface area contributed by atoms with E-state index < -0.39 is 0 Å². The fraction of sp³-hybridized carbons (Fsp3) is 0.500. The molecule has 0 saturated carbocycles. The smallest absolute Gasteiger partial charge is 0.317 e. The normalized spacial score (nSPS) is 15.4. The number of hydrogen-bond acceptors (Lipinski definition) is 3. The Morgan fingerprint density at radius 1 is 1.15 bits per heavy atom. The highest BCUT2D eigenvalue weighted by atomic mass is 16.2. The number of urea groups is 1. The SMILES string of the molecule is CCCNC(=O)N1CCN(Cc2cc3cc(CC)ccc3[nH]c2=O)CC1. The third-order valence-electron chi connectivity index (χ3n) is 4.97. The third-order valence-corrected chi connectivity index (χ3v) is 4.97. The Labute approximate surface area is 154 Å². The van der Waals surface area contributed by atoms with E-state index >= 15 is 0 Å². The van der Waals surface area contributed by atoms with Crippen LogP contribution < -0.4 is 10.9 Å². The highest BCUT2D eigenvalue weighted by molar-refractivity contribution is 5.79. The number of amides is 2. The number of hydrogen-bond donors (Lipinski definition) is 2. The maximum Gasteiger partial charge on any atom is 0.317 e. The van der Waals surface area contributed by atoms with Gasteiger partial charge in [-0.15, -0.1) is 0 Å². The number of piperazine rings is 1. The molecule has 1 fully saturated rings. The number of aromatic nitrogens is 1. The van der Waals surface area contributed by atoms with E-state index in [-0.39, 0.29) is 11.6 Å². The molecular formula is C20H28N4O2. The van der Waals surface area contributed by atoms with Gasteiger partial charge in [0, 0.05) is 50.3 Å². The first kappa shape index (κ1) is 18.5. The Balaban J connectivity index is 1.65. The van der Waals surface area contributed by atoms with Crippen molar-refractivity contribution in [2.24, 2.45) is 0 Å². The minimum absolute atomic E-state index is 0.0159. The van der Waals surface area contributed by atoms with Crippen molar-refractivity contribution in [1.82, 2.24) is 20.1 Å². The van der Waals surface area contributed by atoms with E-state index in [1.807, 2.05) is 24.0 Å². The molecule has 2 heterocycles. The number of fused-ring (bicyclic) bond motifs is 1. The van der Waals surface area contributed by atoms with Crippen LogP contribution in [-0.2, 0) is 13.0 Å². The lowest BCUT2D eigenvalue weighted by Gasteiger charge is -2.34. The summed E-state index contributed by atoms with van der Waals surface area (Å²) in [6, 6.07) is 8.20. The molecule has 0 spiro atoms. The van der Waals surface area contributed by atoms with Gasteiger partial charge in [-0.3, -0.25) is 9.69 Å². The fourth-order valence-electron chi connectivity index (χ4n) is 3.33. The quantitative estimate of drug-likeness (QED) is 0.864. The van der Waals surface area contributed by atoms with Crippen molar-refractivity contribution < 1.29 is 4.79 Å². The second-order valence-corrected chi connectivity index (χ2v) is 6.89. The largest absolute Gasteiger partial charge is 0.338 e. The fourth-order valence-corrected chi connectivity index (χ4v) is 3.33. The lowest BCUT2D eigenvalue weighted by Crippen LogP contribution is -2.51. The Bertz CT molecular complexity index is 822. The van der Waals surface area contributed by atoms with Gasteiger partial charge < -0.3 is 15.2 Å². The molecule has 1 aromatic heterocycles. The molecule has 1 aromatic carbocycles. The van der Waals surface area contributed by atoms with Gasteiger partial charge in [0.25, 0.3) is 5.56 Å². The average Bonchev–Trinajstić information content (AvgIpc) is 2.67. The maximum atomic E-state index is 12.4. The Morgan fingerprint density at radius 3 is 2.62 bits per heavy atom. The standard InChI is InChI=1S/C20H28N4O2/c1-3-7-21-20(26)24-10-8-23(9-11-24)14-17-13-16-12-15(4-2)5-6-18(16)22-19(17)25/h5-6,12-13H,3-4,7-11,14H2,1-2H3,(H,21,26)(H,22,25). The van der Waals surface area contributed by atoms with Gasteiger partial charge >= 0.3 is 6.03 Å². The summed E-state index contributed by atoms with van der Waals surface area (Å²) in [4.78, 5) is 31.5. The van der Waals surface area contributed by atoms with Gasteiger partial charge in [0.15, 0.2) is 0 Å². The molecule has 0 aliphatic carbocycles. The van der Waals surface area contributed by atoms with Crippen molar-refractivity contribution in [3.63, 3.8) is 0 Å². The van der Waals surface area contributed by atoms with E-state index in [0.717, 1.165) is 42.4 Å². The van der Waals surface area contributed by atoms with Crippen molar-refractivity contribution in [1.29, 1.82) is 0 Å². The first-order chi connectivity index (χ1) is 12.6. The number of nitrogens with one attached hydrogen (secondary N) is 2. The number of aromatic amines is 1. The molecule has 0 bridgehead atoms. The zero-order chi connectivity index (χ0) is 18.5. The van der Waals surface area contributed by atoms with Crippen LogP contribution in [0.5, 0.6) is 0 Å². The molecule has 140 valence electrons. The van der Waals surface area contributed by atoms with Crippen LogP contribution in [0.4, 0.5) is 4.79 Å². The number of aryl methyl sites for hydroxylation is 1. The van der Waals surface area contributed by atoms with Gasteiger partial charge in [0.2, 0.25) is 0 Å². The van der Waals surface area contributed by atoms with Crippen LogP contribution in [0.2, 0.25) is 0 Å². The van der Waals surface area contributed by atoms with Crippen LogP contribution in [0.3, 0.4) is 0 Å². The van der Waals surface area contributed by atoms with Gasteiger partial charge in [-0.2, -0.15) is 0 Å². The molecule has 1 aliphatic rings. The second kappa shape index (κ2) is 8.36. The summed E-state index contributed by atoms with van der Waals surface area (Å²) in [6.45, 7) is 8.46. The van der Waals surface area contributed by atoms with Gasteiger partial charge in [-0.25, -0.2) is 4.79 Å². The van der Waals surface area contributed by atoms with Crippen molar-refractivity contribution in [3.05, 3.63) is 45.7 Å². The van der Waals surface area contributed by atoms with E-state index in [0.29, 0.717) is 26.2 Å². The predicted molar refractivity (Wildman–Crippen MR) is 104 cm³/mol. The minimum Gasteiger partial charge on any atom is -0.338 e. The maximum absolute atomic E-state index is 12.4. The monoisotopic (exact) mass is 356 g/mol. The van der Waals surface area contributed by atoms with Crippen LogP contribution in [0.1, 0.15) is 31.4 Å². The van der Waals surface area contributed by atoms with E-state index in [2.05, 4.69) is 34.3 Å². The zero-order valence-electron chi connectivity index (χ0n) is 15.7. The molecular weight excluding hydrogens is 328 g/mol. The summed E-state index contributed by atoms with van der Waals surface area (Å²) >= 11 is 0. The lowest BCUT2D eigenvalue weighted by molar-refractivity contribution is 0.135. The number of nitrogens with zero attached hydrogens (tertiary/aromatic N) is 2. The highest BCUT2D eigenvalue weighted by Crippen LogP contribution is 2.15. The molecule has 3 rings (SSSR count). The highest BCUT2D eigenvalue weighted by Gasteiger charge is 2.21. The minimum atomic E-state index is -0.0233. The number of benzene rings is 1. The molecule has 0 atom stereocenters. The molecule has 2 aromatic rings. The molecule has 1 saturated heterocycles. The topological polar surface area (TPSA) is 68.4 Å². The molecule has 2 N–H and O–H groups in total. The summed E-state index contributed by atoms with van der Waals surface area (Å²) in [5.74, 6) is 0. The summed E-state index contributed by atoms with van der Waals surface area (Å²) in [5, 5.41) is 4.00. The molecule has 26 heavy (non-hydrogen) atoms. The molecule has 0 unspecified atom stereocenters. The zero-order valence-corrected chi connectivity index (χ0v) is 15.7. The first-order valence-corrected chi connectivity index (χ1v) is 9.50. The van der Waals surface area contributed by atoms with Gasteiger partial charge in [0.1, 0.15) is 0 Å². The van der Waals surface area contributed by atoms with Crippen molar-refractivity contribution >= 4 is 16.9 Å². The lowest BCUT2D eigenvalue weighted by atomic mass is 10.1. The summed E-state index contributed by atoms with van der Waals surface area (Å²) in [5.41, 5.74) is 2.91. The average molecular weight is 356 g/mol. The van der Waals surface area contributed by atoms with Crippen molar-refractivity contribution in [2.45, 2.75) is 33.2 Å². The number of carbonyl (C=O) groups excluding carboxylic acids is 1. The number of rotatable bonds is 5. The first-order valence-electron chi connectivity index (χ1n) is 9.50. The number of pyridine rings is 1.